The van der Waals surface area contributed by atoms with Crippen LogP contribution >= 0.6 is 0 Å². The van der Waals surface area contributed by atoms with E-state index in [-0.39, 0.29) is 12.4 Å². The summed E-state index contributed by atoms with van der Waals surface area (Å²) in [6, 6.07) is 10.2. The zero-order chi connectivity index (χ0) is 21.0. The Balaban J connectivity index is 1.78. The van der Waals surface area contributed by atoms with Crippen LogP contribution in [0.3, 0.4) is 0 Å². The zero-order valence-electron chi connectivity index (χ0n) is 15.8. The Hall–Kier alpha value is -3.26. The number of benzene rings is 2. The van der Waals surface area contributed by atoms with Crippen molar-refractivity contribution in [2.45, 2.75) is 26.6 Å². The highest BCUT2D eigenvalue weighted by Gasteiger charge is 2.26. The number of anilines is 1. The molecular weight excluding hydrogens is 384 g/mol. The predicted octanol–water partition coefficient (Wildman–Crippen LogP) is 4.43. The fourth-order valence-electron chi connectivity index (χ4n) is 2.72. The normalized spacial score (nSPS) is 12.0. The molecule has 1 N–H and O–H groups in total. The lowest BCUT2D eigenvalue weighted by molar-refractivity contribution is -0.123. The van der Waals surface area contributed by atoms with E-state index in [4.69, 9.17) is 13.9 Å². The highest BCUT2D eigenvalue weighted by Crippen LogP contribution is 2.27. The number of ether oxygens (including phenoxy) is 2. The molecule has 6 nitrogen and oxygen atoms in total. The first kappa shape index (κ1) is 20.5. The molecule has 29 heavy (non-hydrogen) atoms. The number of fused-ring (bicyclic) bond motifs is 1. The van der Waals surface area contributed by atoms with E-state index in [1.165, 1.54) is 13.0 Å². The smallest absolute Gasteiger partial charge is 0.375 e. The quantitative estimate of drug-likeness (QED) is 0.591. The topological polar surface area (TPSA) is 77.8 Å². The third-order valence-corrected chi connectivity index (χ3v) is 4.20. The van der Waals surface area contributed by atoms with Gasteiger partial charge in [-0.05, 0) is 32.0 Å². The van der Waals surface area contributed by atoms with Crippen LogP contribution in [0.4, 0.5) is 14.5 Å². The molecule has 1 aromatic heterocycles. The summed E-state index contributed by atoms with van der Waals surface area (Å²) in [6.45, 7) is 3.66. The summed E-state index contributed by atoms with van der Waals surface area (Å²) in [5.41, 5.74) is 0.362. The van der Waals surface area contributed by atoms with Crippen molar-refractivity contribution in [2.24, 2.45) is 0 Å². The number of halogens is 2. The first-order chi connectivity index (χ1) is 13.9. The summed E-state index contributed by atoms with van der Waals surface area (Å²) in [7, 11) is 0. The highest BCUT2D eigenvalue weighted by atomic mass is 19.1. The maximum absolute atomic E-state index is 13.7. The first-order valence-corrected chi connectivity index (χ1v) is 8.96. The van der Waals surface area contributed by atoms with Crippen LogP contribution in [0, 0.1) is 11.6 Å². The Bertz CT molecular complexity index is 1030. The van der Waals surface area contributed by atoms with Gasteiger partial charge in [-0.3, -0.25) is 4.79 Å². The molecule has 0 aliphatic carbocycles. The molecule has 0 aliphatic heterocycles. The summed E-state index contributed by atoms with van der Waals surface area (Å²) in [6.07, 6.45) is -1.32. The summed E-state index contributed by atoms with van der Waals surface area (Å²) < 4.78 is 43.5. The third-order valence-electron chi connectivity index (χ3n) is 4.20. The molecule has 1 atom stereocenters. The Kier molecular flexibility index (Phi) is 6.23. The third kappa shape index (κ3) is 4.43. The molecule has 0 saturated carbocycles. The second-order valence-corrected chi connectivity index (χ2v) is 6.18. The van der Waals surface area contributed by atoms with Gasteiger partial charge in [0.15, 0.2) is 6.10 Å². The lowest BCUT2D eigenvalue weighted by Crippen LogP contribution is -2.30. The fraction of sp³-hybridized carbons (Fsp3) is 0.238. The molecule has 0 bridgehead atoms. The Morgan fingerprint density at radius 2 is 1.79 bits per heavy atom. The van der Waals surface area contributed by atoms with Gasteiger partial charge in [0.2, 0.25) is 5.76 Å². The molecule has 152 valence electrons. The number of furan rings is 1. The number of hydrogen-bond acceptors (Lipinski definition) is 5. The molecule has 0 aliphatic rings. The molecular formula is C21H19F2NO5. The van der Waals surface area contributed by atoms with Gasteiger partial charge < -0.3 is 19.2 Å². The van der Waals surface area contributed by atoms with Crippen molar-refractivity contribution < 1.29 is 32.3 Å². The van der Waals surface area contributed by atoms with E-state index in [9.17, 15) is 18.4 Å². The van der Waals surface area contributed by atoms with Gasteiger partial charge in [0.1, 0.15) is 22.9 Å². The van der Waals surface area contributed by atoms with Crippen molar-refractivity contribution in [1.29, 1.82) is 0 Å². The molecule has 0 saturated heterocycles. The van der Waals surface area contributed by atoms with Crippen LogP contribution in [0.15, 0.2) is 46.9 Å². The van der Waals surface area contributed by atoms with Crippen LogP contribution in [-0.4, -0.2) is 24.6 Å². The van der Waals surface area contributed by atoms with Crippen molar-refractivity contribution in [3.05, 3.63) is 65.4 Å². The van der Waals surface area contributed by atoms with Gasteiger partial charge in [0.25, 0.3) is 5.91 Å². The average molecular weight is 403 g/mol. The second kappa shape index (κ2) is 8.83. The van der Waals surface area contributed by atoms with Gasteiger partial charge in [0.05, 0.1) is 6.61 Å². The minimum Gasteiger partial charge on any atom is -0.449 e. The molecule has 2 aromatic carbocycles. The number of esters is 1. The van der Waals surface area contributed by atoms with E-state index in [2.05, 4.69) is 5.32 Å². The van der Waals surface area contributed by atoms with Crippen LogP contribution < -0.4 is 5.32 Å². The van der Waals surface area contributed by atoms with Crippen LogP contribution in [-0.2, 0) is 20.9 Å². The molecule has 0 spiro atoms. The van der Waals surface area contributed by atoms with Gasteiger partial charge in [-0.25, -0.2) is 13.6 Å². The van der Waals surface area contributed by atoms with E-state index < -0.39 is 35.3 Å². The molecule has 1 amide bonds. The minimum absolute atomic E-state index is 0.0867. The number of nitrogens with one attached hydrogen (secondary N) is 1. The fourth-order valence-corrected chi connectivity index (χ4v) is 2.72. The van der Waals surface area contributed by atoms with Crippen molar-refractivity contribution >= 4 is 28.5 Å². The van der Waals surface area contributed by atoms with Crippen LogP contribution in [0.5, 0.6) is 0 Å². The van der Waals surface area contributed by atoms with Gasteiger partial charge >= 0.3 is 5.97 Å². The molecule has 0 fully saturated rings. The monoisotopic (exact) mass is 403 g/mol. The van der Waals surface area contributed by atoms with Crippen molar-refractivity contribution in [3.8, 4) is 0 Å². The number of para-hydroxylation sites is 2. The molecule has 3 rings (SSSR count). The SMILES string of the molecule is CCOCc1c(C(=O)OC(C)C(=O)Nc2c(F)cccc2F)oc2ccccc12. The molecule has 0 radical (unpaired) electrons. The Labute approximate surface area is 165 Å². The molecule has 8 heteroatoms. The first-order valence-electron chi connectivity index (χ1n) is 8.96. The number of hydrogen-bond donors (Lipinski definition) is 1. The lowest BCUT2D eigenvalue weighted by Gasteiger charge is -2.14. The van der Waals surface area contributed by atoms with Crippen molar-refractivity contribution in [1.82, 2.24) is 0 Å². The second-order valence-electron chi connectivity index (χ2n) is 6.18. The van der Waals surface area contributed by atoms with Crippen LogP contribution in [0.25, 0.3) is 11.0 Å². The van der Waals surface area contributed by atoms with E-state index >= 15 is 0 Å². The Morgan fingerprint density at radius 3 is 2.48 bits per heavy atom. The minimum atomic E-state index is -1.32. The van der Waals surface area contributed by atoms with E-state index in [0.29, 0.717) is 23.1 Å². The Morgan fingerprint density at radius 1 is 1.10 bits per heavy atom. The van der Waals surface area contributed by atoms with E-state index in [1.54, 1.807) is 24.3 Å². The lowest BCUT2D eigenvalue weighted by atomic mass is 10.1. The number of amides is 1. The standard InChI is InChI=1S/C21H19F2NO5/c1-3-27-11-14-13-7-4-5-10-17(13)29-19(14)21(26)28-12(2)20(25)24-18-15(22)8-6-9-16(18)23/h4-10,12H,3,11H2,1-2H3,(H,24,25). The van der Waals surface area contributed by atoms with Gasteiger partial charge in [-0.1, -0.05) is 24.3 Å². The summed E-state index contributed by atoms with van der Waals surface area (Å²) in [5.74, 6) is -3.73. The predicted molar refractivity (Wildman–Crippen MR) is 101 cm³/mol. The number of carbonyl (C=O) groups excluding carboxylic acids is 2. The molecule has 1 heterocycles. The van der Waals surface area contributed by atoms with Gasteiger partial charge in [-0.15, -0.1) is 0 Å². The van der Waals surface area contributed by atoms with E-state index in [0.717, 1.165) is 12.1 Å². The highest BCUT2D eigenvalue weighted by molar-refractivity contribution is 5.99. The van der Waals surface area contributed by atoms with Crippen molar-refractivity contribution in [2.75, 3.05) is 11.9 Å². The summed E-state index contributed by atoms with van der Waals surface area (Å²) in [4.78, 5) is 24.8. The van der Waals surface area contributed by atoms with Crippen molar-refractivity contribution in [3.63, 3.8) is 0 Å². The molecule has 3 aromatic rings. The molecule has 1 unspecified atom stereocenters. The summed E-state index contributed by atoms with van der Waals surface area (Å²) >= 11 is 0. The maximum Gasteiger partial charge on any atom is 0.375 e. The largest absolute Gasteiger partial charge is 0.449 e. The maximum atomic E-state index is 13.7. The van der Waals surface area contributed by atoms with Gasteiger partial charge in [-0.2, -0.15) is 0 Å². The van der Waals surface area contributed by atoms with Crippen LogP contribution in [0.1, 0.15) is 30.0 Å². The van der Waals surface area contributed by atoms with E-state index in [1.807, 2.05) is 6.92 Å². The summed E-state index contributed by atoms with van der Waals surface area (Å²) in [5, 5.41) is 2.78. The van der Waals surface area contributed by atoms with Crippen LogP contribution in [0.2, 0.25) is 0 Å². The zero-order valence-corrected chi connectivity index (χ0v) is 15.8. The van der Waals surface area contributed by atoms with Gasteiger partial charge in [0, 0.05) is 17.6 Å². The number of rotatable bonds is 7. The average Bonchev–Trinajstić information content (AvgIpc) is 3.07. The number of carbonyl (C=O) groups is 2.